The number of nitrogens with two attached hydrogens (primary N) is 1. The van der Waals surface area contributed by atoms with E-state index in [-0.39, 0.29) is 18.0 Å². The molecule has 2 rings (SSSR count). The minimum atomic E-state index is -0.192. The summed E-state index contributed by atoms with van der Waals surface area (Å²) in [6.07, 6.45) is 3.50. The highest BCUT2D eigenvalue weighted by Gasteiger charge is 2.06. The summed E-state index contributed by atoms with van der Waals surface area (Å²) >= 11 is 5.80. The van der Waals surface area contributed by atoms with Gasteiger partial charge in [-0.05, 0) is 18.2 Å². The van der Waals surface area contributed by atoms with Gasteiger partial charge in [0.2, 0.25) is 5.91 Å². The lowest BCUT2D eigenvalue weighted by molar-refractivity contribution is -0.116. The highest BCUT2D eigenvalue weighted by molar-refractivity contribution is 6.33. The predicted octanol–water partition coefficient (Wildman–Crippen LogP) is 1.45. The van der Waals surface area contributed by atoms with Crippen LogP contribution in [0.25, 0.3) is 0 Å². The molecule has 0 fully saturated rings. The van der Waals surface area contributed by atoms with Gasteiger partial charge in [0, 0.05) is 38.1 Å². The van der Waals surface area contributed by atoms with Crippen LogP contribution in [0.15, 0.2) is 35.4 Å². The van der Waals surface area contributed by atoms with Gasteiger partial charge in [0.1, 0.15) is 0 Å². The normalized spacial score (nSPS) is 10.5. The van der Waals surface area contributed by atoms with Crippen molar-refractivity contribution >= 4 is 28.9 Å². The number of halogens is 1. The van der Waals surface area contributed by atoms with Gasteiger partial charge in [-0.25, -0.2) is 4.79 Å². The van der Waals surface area contributed by atoms with Crippen LogP contribution in [0.1, 0.15) is 6.42 Å². The standard InChI is InChI=1S/C13H15ClN4O2/c1-17-6-7-18(13(17)20)5-4-12(19)16-9-2-3-10(14)11(15)8-9/h2-3,6-8H,4-5,15H2,1H3,(H,16,19). The Balaban J connectivity index is 1.94. The highest BCUT2D eigenvalue weighted by atomic mass is 35.5. The molecular weight excluding hydrogens is 280 g/mol. The molecule has 106 valence electrons. The number of aromatic nitrogens is 2. The summed E-state index contributed by atoms with van der Waals surface area (Å²) < 4.78 is 2.94. The summed E-state index contributed by atoms with van der Waals surface area (Å²) in [6, 6.07) is 4.88. The molecule has 0 aliphatic carbocycles. The number of nitrogens with zero attached hydrogens (tertiary/aromatic N) is 2. The van der Waals surface area contributed by atoms with E-state index in [9.17, 15) is 9.59 Å². The van der Waals surface area contributed by atoms with E-state index in [4.69, 9.17) is 17.3 Å². The van der Waals surface area contributed by atoms with Crippen molar-refractivity contribution in [2.24, 2.45) is 7.05 Å². The molecule has 0 saturated heterocycles. The van der Waals surface area contributed by atoms with Gasteiger partial charge in [-0.3, -0.25) is 9.36 Å². The fraction of sp³-hybridized carbons (Fsp3) is 0.231. The molecule has 0 bridgehead atoms. The molecule has 3 N–H and O–H groups in total. The second-order valence-electron chi connectivity index (χ2n) is 4.42. The Bertz CT molecular complexity index is 690. The Morgan fingerprint density at radius 1 is 1.40 bits per heavy atom. The Labute approximate surface area is 120 Å². The van der Waals surface area contributed by atoms with Crippen LogP contribution in [-0.4, -0.2) is 15.0 Å². The number of imidazole rings is 1. The molecule has 0 saturated carbocycles. The number of aryl methyl sites for hydroxylation is 2. The van der Waals surface area contributed by atoms with Crippen molar-refractivity contribution in [3.8, 4) is 0 Å². The summed E-state index contributed by atoms with van der Waals surface area (Å²) in [6.45, 7) is 0.328. The van der Waals surface area contributed by atoms with Gasteiger partial charge in [-0.2, -0.15) is 0 Å². The molecule has 0 atom stereocenters. The first-order chi connectivity index (χ1) is 9.47. The van der Waals surface area contributed by atoms with Crippen molar-refractivity contribution in [1.82, 2.24) is 9.13 Å². The third-order valence-corrected chi connectivity index (χ3v) is 3.22. The van der Waals surface area contributed by atoms with E-state index < -0.39 is 0 Å². The second-order valence-corrected chi connectivity index (χ2v) is 4.83. The van der Waals surface area contributed by atoms with Gasteiger partial charge in [0.25, 0.3) is 0 Å². The second kappa shape index (κ2) is 5.83. The number of rotatable bonds is 4. The lowest BCUT2D eigenvalue weighted by Gasteiger charge is -2.07. The number of nitrogen functional groups attached to an aromatic ring is 1. The van der Waals surface area contributed by atoms with Gasteiger partial charge in [0.05, 0.1) is 10.7 Å². The SMILES string of the molecule is Cn1ccn(CCC(=O)Nc2ccc(Cl)c(N)c2)c1=O. The quantitative estimate of drug-likeness (QED) is 0.837. The minimum Gasteiger partial charge on any atom is -0.397 e. The number of nitrogens with one attached hydrogen (secondary N) is 1. The number of carbonyl (C=O) groups excluding carboxylic acids is 1. The molecule has 1 aromatic carbocycles. The van der Waals surface area contributed by atoms with E-state index in [1.807, 2.05) is 0 Å². The Morgan fingerprint density at radius 2 is 2.15 bits per heavy atom. The first-order valence-corrected chi connectivity index (χ1v) is 6.42. The largest absolute Gasteiger partial charge is 0.397 e. The maximum atomic E-state index is 11.8. The van der Waals surface area contributed by atoms with Crippen LogP contribution in [0, 0.1) is 0 Å². The van der Waals surface area contributed by atoms with Crippen molar-refractivity contribution in [3.63, 3.8) is 0 Å². The zero-order valence-electron chi connectivity index (χ0n) is 11.0. The maximum Gasteiger partial charge on any atom is 0.327 e. The third-order valence-electron chi connectivity index (χ3n) is 2.88. The smallest absolute Gasteiger partial charge is 0.327 e. The number of amides is 1. The Morgan fingerprint density at radius 3 is 2.75 bits per heavy atom. The van der Waals surface area contributed by atoms with E-state index in [1.165, 1.54) is 9.13 Å². The molecule has 0 aliphatic rings. The van der Waals surface area contributed by atoms with Crippen LogP contribution < -0.4 is 16.7 Å². The van der Waals surface area contributed by atoms with Gasteiger partial charge in [-0.1, -0.05) is 11.6 Å². The van der Waals surface area contributed by atoms with Crippen LogP contribution in [0.3, 0.4) is 0 Å². The lowest BCUT2D eigenvalue weighted by atomic mass is 10.2. The fourth-order valence-electron chi connectivity index (χ4n) is 1.75. The lowest BCUT2D eigenvalue weighted by Crippen LogP contribution is -2.24. The summed E-state index contributed by atoms with van der Waals surface area (Å²) in [5, 5.41) is 3.15. The van der Waals surface area contributed by atoms with Gasteiger partial charge in [-0.15, -0.1) is 0 Å². The number of carbonyl (C=O) groups is 1. The van der Waals surface area contributed by atoms with Crippen LogP contribution in [0.5, 0.6) is 0 Å². The van der Waals surface area contributed by atoms with Gasteiger partial charge < -0.3 is 15.6 Å². The molecule has 1 amide bonds. The molecule has 20 heavy (non-hydrogen) atoms. The van der Waals surface area contributed by atoms with E-state index in [2.05, 4.69) is 5.32 Å². The van der Waals surface area contributed by atoms with E-state index in [1.54, 1.807) is 37.6 Å². The molecular formula is C13H15ClN4O2. The molecule has 0 spiro atoms. The molecule has 7 heteroatoms. The van der Waals surface area contributed by atoms with E-state index in [0.29, 0.717) is 22.9 Å². The van der Waals surface area contributed by atoms with Gasteiger partial charge in [0.15, 0.2) is 0 Å². The fourth-order valence-corrected chi connectivity index (χ4v) is 1.87. The summed E-state index contributed by atoms with van der Waals surface area (Å²) in [4.78, 5) is 23.4. The van der Waals surface area contributed by atoms with Crippen LogP contribution in [0.2, 0.25) is 5.02 Å². The predicted molar refractivity (Wildman–Crippen MR) is 78.8 cm³/mol. The first kappa shape index (κ1) is 14.2. The molecule has 1 heterocycles. The summed E-state index contributed by atoms with van der Waals surface area (Å²) in [5.41, 5.74) is 6.49. The molecule has 1 aromatic heterocycles. The van der Waals surface area contributed by atoms with Crippen molar-refractivity contribution in [3.05, 3.63) is 46.1 Å². The van der Waals surface area contributed by atoms with Crippen LogP contribution in [-0.2, 0) is 18.4 Å². The average molecular weight is 295 g/mol. The Hall–Kier alpha value is -2.21. The topological polar surface area (TPSA) is 82.1 Å². The van der Waals surface area contributed by atoms with Crippen molar-refractivity contribution in [2.45, 2.75) is 13.0 Å². The summed E-state index contributed by atoms with van der Waals surface area (Å²) in [7, 11) is 1.66. The number of hydrogen-bond acceptors (Lipinski definition) is 3. The zero-order valence-corrected chi connectivity index (χ0v) is 11.7. The highest BCUT2D eigenvalue weighted by Crippen LogP contribution is 2.22. The number of anilines is 2. The van der Waals surface area contributed by atoms with Crippen molar-refractivity contribution < 1.29 is 4.79 Å². The van der Waals surface area contributed by atoms with Gasteiger partial charge >= 0.3 is 5.69 Å². The zero-order chi connectivity index (χ0) is 14.7. The van der Waals surface area contributed by atoms with Crippen molar-refractivity contribution in [1.29, 1.82) is 0 Å². The molecule has 2 aromatic rings. The third kappa shape index (κ3) is 3.21. The van der Waals surface area contributed by atoms with E-state index >= 15 is 0 Å². The maximum absolute atomic E-state index is 11.8. The van der Waals surface area contributed by atoms with Crippen LogP contribution in [0.4, 0.5) is 11.4 Å². The monoisotopic (exact) mass is 294 g/mol. The van der Waals surface area contributed by atoms with Crippen LogP contribution >= 0.6 is 11.6 Å². The number of hydrogen-bond donors (Lipinski definition) is 2. The molecule has 0 radical (unpaired) electrons. The first-order valence-electron chi connectivity index (χ1n) is 6.04. The van der Waals surface area contributed by atoms with E-state index in [0.717, 1.165) is 0 Å². The van der Waals surface area contributed by atoms with Crippen molar-refractivity contribution in [2.75, 3.05) is 11.1 Å². The summed E-state index contributed by atoms with van der Waals surface area (Å²) in [5.74, 6) is -0.192. The molecule has 0 aliphatic heterocycles. The molecule has 6 nitrogen and oxygen atoms in total. The molecule has 0 unspecified atom stereocenters. The Kier molecular flexibility index (Phi) is 4.14. The average Bonchev–Trinajstić information content (AvgIpc) is 2.72. The number of benzene rings is 1. The minimum absolute atomic E-state index is 0.145.